The Bertz CT molecular complexity index is 739. The fourth-order valence-corrected chi connectivity index (χ4v) is 5.30. The van der Waals surface area contributed by atoms with Crippen molar-refractivity contribution in [3.8, 4) is 0 Å². The van der Waals surface area contributed by atoms with E-state index >= 15 is 0 Å². The van der Waals surface area contributed by atoms with Gasteiger partial charge < -0.3 is 50.5 Å². The van der Waals surface area contributed by atoms with Crippen molar-refractivity contribution in [2.45, 2.75) is 178 Å². The van der Waals surface area contributed by atoms with Crippen molar-refractivity contribution in [3.05, 3.63) is 12.2 Å². The molecule has 1 fully saturated rings. The van der Waals surface area contributed by atoms with Crippen molar-refractivity contribution >= 4 is 5.91 Å². The van der Waals surface area contributed by atoms with Crippen LogP contribution in [-0.2, 0) is 14.3 Å². The van der Waals surface area contributed by atoms with Crippen LogP contribution in [0.1, 0.15) is 123 Å². The molecule has 1 heterocycles. The molecule has 1 aliphatic heterocycles. The Morgan fingerprint density at radius 3 is 1.93 bits per heavy atom. The fourth-order valence-electron chi connectivity index (χ4n) is 5.30. The molecule has 0 spiro atoms. The molecule has 1 saturated heterocycles. The van der Waals surface area contributed by atoms with Crippen molar-refractivity contribution in [3.63, 3.8) is 0 Å². The lowest BCUT2D eigenvalue weighted by molar-refractivity contribution is -0.303. The van der Waals surface area contributed by atoms with Crippen LogP contribution in [0.4, 0.5) is 0 Å². The molecule has 11 nitrogen and oxygen atoms in total. The zero-order valence-electron chi connectivity index (χ0n) is 27.1. The summed E-state index contributed by atoms with van der Waals surface area (Å²) < 4.78 is 10.9. The summed E-state index contributed by atoms with van der Waals surface area (Å²) in [6.45, 7) is 3.11. The second kappa shape index (κ2) is 25.0. The Balaban J connectivity index is 2.44. The standard InChI is InChI=1S/C33H63NO10/c1-3-5-7-8-9-10-11-12-13-14-15-16-17-18-19-21-26(37)32(42)34-24(28(38)25(36)20-6-4-2)23-43-33-31(41)30(40)29(39)27(22-35)44-33/h13-14,24-31,33,35-41H,3-12,15-23H2,1-2H3,(H,34,42)/b14-13-. The average molecular weight is 634 g/mol. The third-order valence-electron chi connectivity index (χ3n) is 8.32. The highest BCUT2D eigenvalue weighted by molar-refractivity contribution is 5.80. The van der Waals surface area contributed by atoms with E-state index in [4.69, 9.17) is 9.47 Å². The summed E-state index contributed by atoms with van der Waals surface area (Å²) in [5.74, 6) is -0.720. The predicted molar refractivity (Wildman–Crippen MR) is 169 cm³/mol. The summed E-state index contributed by atoms with van der Waals surface area (Å²) >= 11 is 0. The molecule has 44 heavy (non-hydrogen) atoms. The highest BCUT2D eigenvalue weighted by Gasteiger charge is 2.44. The number of hydrogen-bond acceptors (Lipinski definition) is 10. The molecule has 9 atom stereocenters. The first-order valence-corrected chi connectivity index (χ1v) is 17.1. The van der Waals surface area contributed by atoms with E-state index in [0.717, 1.165) is 38.5 Å². The minimum atomic E-state index is -1.66. The second-order valence-electron chi connectivity index (χ2n) is 12.2. The lowest BCUT2D eigenvalue weighted by Gasteiger charge is -2.40. The number of unbranched alkanes of at least 4 members (excludes halogenated alkanes) is 12. The Morgan fingerprint density at radius 2 is 1.34 bits per heavy atom. The van der Waals surface area contributed by atoms with E-state index in [1.54, 1.807) is 0 Å². The fraction of sp³-hybridized carbons (Fsp3) is 0.909. The molecule has 8 N–H and O–H groups in total. The molecule has 1 aliphatic rings. The number of hydrogen-bond donors (Lipinski definition) is 8. The van der Waals surface area contributed by atoms with E-state index in [0.29, 0.717) is 12.8 Å². The van der Waals surface area contributed by atoms with Crippen LogP contribution in [-0.4, -0.2) is 110 Å². The Labute approximate surface area is 264 Å². The Kier molecular flexibility index (Phi) is 23.2. The van der Waals surface area contributed by atoms with Crippen LogP contribution in [0.5, 0.6) is 0 Å². The zero-order chi connectivity index (χ0) is 32.7. The van der Waals surface area contributed by atoms with Gasteiger partial charge in [-0.1, -0.05) is 96.6 Å². The first kappa shape index (κ1) is 40.9. The summed E-state index contributed by atoms with van der Waals surface area (Å²) in [6.07, 6.45) is 9.95. The lowest BCUT2D eigenvalue weighted by atomic mass is 9.99. The van der Waals surface area contributed by atoms with Crippen molar-refractivity contribution in [1.29, 1.82) is 0 Å². The number of nitrogens with one attached hydrogen (secondary N) is 1. The Hall–Kier alpha value is -1.15. The molecule has 0 bridgehead atoms. The van der Waals surface area contributed by atoms with Crippen LogP contribution >= 0.6 is 0 Å². The summed E-state index contributed by atoms with van der Waals surface area (Å²) in [4.78, 5) is 12.8. The monoisotopic (exact) mass is 633 g/mol. The van der Waals surface area contributed by atoms with E-state index in [9.17, 15) is 40.5 Å². The quantitative estimate of drug-likeness (QED) is 0.0519. The maximum Gasteiger partial charge on any atom is 0.249 e. The van der Waals surface area contributed by atoms with Gasteiger partial charge in [-0.2, -0.15) is 0 Å². The first-order chi connectivity index (χ1) is 21.2. The van der Waals surface area contributed by atoms with Gasteiger partial charge >= 0.3 is 0 Å². The van der Waals surface area contributed by atoms with Crippen LogP contribution in [0.2, 0.25) is 0 Å². The highest BCUT2D eigenvalue weighted by Crippen LogP contribution is 2.23. The van der Waals surface area contributed by atoms with Gasteiger partial charge in [0.2, 0.25) is 5.91 Å². The molecule has 0 aromatic carbocycles. The third kappa shape index (κ3) is 16.4. The van der Waals surface area contributed by atoms with E-state index in [1.807, 2.05) is 6.92 Å². The second-order valence-corrected chi connectivity index (χ2v) is 12.2. The van der Waals surface area contributed by atoms with Gasteiger partial charge in [-0.15, -0.1) is 0 Å². The van der Waals surface area contributed by atoms with Crippen LogP contribution in [0.25, 0.3) is 0 Å². The molecule has 260 valence electrons. The topological polar surface area (TPSA) is 189 Å². The number of allylic oxidation sites excluding steroid dienone is 2. The number of aliphatic hydroxyl groups excluding tert-OH is 7. The minimum absolute atomic E-state index is 0.245. The van der Waals surface area contributed by atoms with Gasteiger partial charge in [0.05, 0.1) is 25.4 Å². The van der Waals surface area contributed by atoms with Crippen molar-refractivity contribution < 1.29 is 50.0 Å². The summed E-state index contributed by atoms with van der Waals surface area (Å²) in [5.41, 5.74) is 0. The van der Waals surface area contributed by atoms with Crippen molar-refractivity contribution in [1.82, 2.24) is 5.32 Å². The normalized spacial score (nSPS) is 25.2. The van der Waals surface area contributed by atoms with Gasteiger partial charge in [-0.25, -0.2) is 0 Å². The molecule has 0 aromatic heterocycles. The Morgan fingerprint density at radius 1 is 0.773 bits per heavy atom. The number of aliphatic hydroxyl groups is 7. The summed E-state index contributed by atoms with van der Waals surface area (Å²) in [6, 6.07) is -1.16. The predicted octanol–water partition coefficient (Wildman–Crippen LogP) is 2.60. The van der Waals surface area contributed by atoms with Gasteiger partial charge in [-0.3, -0.25) is 4.79 Å². The molecule has 9 unspecified atom stereocenters. The van der Waals surface area contributed by atoms with Crippen LogP contribution in [0, 0.1) is 0 Å². The minimum Gasteiger partial charge on any atom is -0.394 e. The molecular weight excluding hydrogens is 570 g/mol. The van der Waals surface area contributed by atoms with Gasteiger partial charge in [0.15, 0.2) is 6.29 Å². The third-order valence-corrected chi connectivity index (χ3v) is 8.32. The average Bonchev–Trinajstić information content (AvgIpc) is 3.02. The van der Waals surface area contributed by atoms with E-state index in [-0.39, 0.29) is 12.8 Å². The number of carbonyl (C=O) groups is 1. The van der Waals surface area contributed by atoms with Gasteiger partial charge in [-0.05, 0) is 38.5 Å². The smallest absolute Gasteiger partial charge is 0.249 e. The summed E-state index contributed by atoms with van der Waals surface area (Å²) in [7, 11) is 0. The number of amides is 1. The number of rotatable bonds is 26. The first-order valence-electron chi connectivity index (χ1n) is 17.1. The largest absolute Gasteiger partial charge is 0.394 e. The van der Waals surface area contributed by atoms with E-state index in [1.165, 1.54) is 44.9 Å². The maximum absolute atomic E-state index is 12.8. The molecule has 0 saturated carbocycles. The SMILES string of the molecule is CCCCCCCCC/C=C\CCCCCCC(O)C(=O)NC(COC1OC(CO)C(O)C(O)C1O)C(O)C(O)CCCC. The van der Waals surface area contributed by atoms with Gasteiger partial charge in [0, 0.05) is 0 Å². The molecule has 0 aliphatic carbocycles. The lowest BCUT2D eigenvalue weighted by Crippen LogP contribution is -2.60. The highest BCUT2D eigenvalue weighted by atomic mass is 16.7. The van der Waals surface area contributed by atoms with E-state index in [2.05, 4.69) is 24.4 Å². The maximum atomic E-state index is 12.8. The van der Waals surface area contributed by atoms with Crippen LogP contribution in [0.3, 0.4) is 0 Å². The molecule has 0 aromatic rings. The number of ether oxygens (including phenoxy) is 2. The molecule has 11 heteroatoms. The van der Waals surface area contributed by atoms with Gasteiger partial charge in [0.25, 0.3) is 0 Å². The van der Waals surface area contributed by atoms with Gasteiger partial charge in [0.1, 0.15) is 36.6 Å². The van der Waals surface area contributed by atoms with Crippen LogP contribution < -0.4 is 5.32 Å². The molecule has 0 radical (unpaired) electrons. The van der Waals surface area contributed by atoms with Crippen LogP contribution in [0.15, 0.2) is 12.2 Å². The van der Waals surface area contributed by atoms with E-state index < -0.39 is 74.2 Å². The van der Waals surface area contributed by atoms with Crippen molar-refractivity contribution in [2.75, 3.05) is 13.2 Å². The number of carbonyl (C=O) groups excluding carboxylic acids is 1. The molecule has 1 rings (SSSR count). The zero-order valence-corrected chi connectivity index (χ0v) is 27.1. The molecule has 1 amide bonds. The summed E-state index contributed by atoms with van der Waals surface area (Å²) in [5, 5.41) is 73.9. The van der Waals surface area contributed by atoms with Crippen molar-refractivity contribution in [2.24, 2.45) is 0 Å². The molecular formula is C33H63NO10.